The van der Waals surface area contributed by atoms with E-state index in [1.807, 2.05) is 43.3 Å². The molecule has 4 rings (SSSR count). The molecule has 5 nitrogen and oxygen atoms in total. The van der Waals surface area contributed by atoms with Gasteiger partial charge in [0, 0.05) is 43.2 Å². The van der Waals surface area contributed by atoms with Gasteiger partial charge in [0.2, 0.25) is 11.7 Å². The monoisotopic (exact) mass is 430 g/mol. The minimum absolute atomic E-state index is 0.582. The lowest BCUT2D eigenvalue weighted by molar-refractivity contribution is 0.112. The third-order valence-corrected chi connectivity index (χ3v) is 5.96. The molecule has 1 aromatic heterocycles. The first-order valence-electron chi connectivity index (χ1n) is 9.94. The van der Waals surface area contributed by atoms with Crippen molar-refractivity contribution in [1.29, 1.82) is 0 Å². The molecule has 8 heteroatoms. The van der Waals surface area contributed by atoms with Crippen LogP contribution in [0.5, 0.6) is 0 Å². The van der Waals surface area contributed by atoms with Crippen molar-refractivity contribution in [2.24, 2.45) is 0 Å². The van der Waals surface area contributed by atoms with Crippen molar-refractivity contribution < 1.29 is 13.3 Å². The maximum absolute atomic E-state index is 12.4. The number of alkyl halides is 2. The zero-order chi connectivity index (χ0) is 20.9. The maximum Gasteiger partial charge on any atom is 0.288 e. The summed E-state index contributed by atoms with van der Waals surface area (Å²) in [6, 6.07) is 15.4. The van der Waals surface area contributed by atoms with Crippen LogP contribution >= 0.6 is 11.8 Å². The first-order valence-corrected chi connectivity index (χ1v) is 10.8. The SMILES string of the molecule is Cc1ccccc1-c1noc(CN2CCN(Cc3ccc(SC(F)F)cc3)CC2)n1. The van der Waals surface area contributed by atoms with E-state index in [4.69, 9.17) is 4.52 Å². The molecule has 158 valence electrons. The van der Waals surface area contributed by atoms with Gasteiger partial charge in [-0.2, -0.15) is 13.8 Å². The minimum atomic E-state index is -2.38. The fourth-order valence-corrected chi connectivity index (χ4v) is 4.08. The van der Waals surface area contributed by atoms with Crippen LogP contribution in [0, 0.1) is 6.92 Å². The zero-order valence-corrected chi connectivity index (χ0v) is 17.6. The molecule has 1 saturated heterocycles. The van der Waals surface area contributed by atoms with Gasteiger partial charge in [0.1, 0.15) is 0 Å². The van der Waals surface area contributed by atoms with E-state index in [2.05, 4.69) is 19.9 Å². The Bertz CT molecular complexity index is 956. The van der Waals surface area contributed by atoms with E-state index in [-0.39, 0.29) is 0 Å². The van der Waals surface area contributed by atoms with E-state index in [9.17, 15) is 8.78 Å². The van der Waals surface area contributed by atoms with Gasteiger partial charge in [0.25, 0.3) is 5.76 Å². The molecule has 1 aliphatic rings. The number of aromatic nitrogens is 2. The van der Waals surface area contributed by atoms with E-state index in [1.165, 1.54) is 0 Å². The van der Waals surface area contributed by atoms with Gasteiger partial charge in [-0.3, -0.25) is 9.80 Å². The summed E-state index contributed by atoms with van der Waals surface area (Å²) >= 11 is 0.582. The third-order valence-electron chi connectivity index (χ3n) is 5.23. The van der Waals surface area contributed by atoms with E-state index in [1.54, 1.807) is 12.1 Å². The molecular formula is C22H24F2N4OS. The number of halogens is 2. The van der Waals surface area contributed by atoms with E-state index < -0.39 is 5.76 Å². The van der Waals surface area contributed by atoms with Crippen LogP contribution in [0.2, 0.25) is 0 Å². The predicted octanol–water partition coefficient (Wildman–Crippen LogP) is 4.68. The lowest BCUT2D eigenvalue weighted by Crippen LogP contribution is -2.45. The Hall–Kier alpha value is -2.29. The molecule has 0 amide bonds. The largest absolute Gasteiger partial charge is 0.338 e. The number of thioether (sulfide) groups is 1. The molecule has 3 aromatic rings. The Morgan fingerprint density at radius 3 is 2.30 bits per heavy atom. The number of hydrogen-bond acceptors (Lipinski definition) is 6. The van der Waals surface area contributed by atoms with Gasteiger partial charge in [-0.1, -0.05) is 53.3 Å². The first-order chi connectivity index (χ1) is 14.6. The second-order valence-corrected chi connectivity index (χ2v) is 8.46. The summed E-state index contributed by atoms with van der Waals surface area (Å²) in [5.41, 5.74) is 3.26. The van der Waals surface area contributed by atoms with Crippen molar-refractivity contribution in [2.75, 3.05) is 26.2 Å². The summed E-state index contributed by atoms with van der Waals surface area (Å²) in [6.45, 7) is 7.22. The van der Waals surface area contributed by atoms with Crippen molar-refractivity contribution in [3.05, 3.63) is 65.5 Å². The Morgan fingerprint density at radius 1 is 0.967 bits per heavy atom. The van der Waals surface area contributed by atoms with E-state index >= 15 is 0 Å². The second-order valence-electron chi connectivity index (χ2n) is 7.40. The van der Waals surface area contributed by atoms with Gasteiger partial charge >= 0.3 is 0 Å². The normalized spacial score (nSPS) is 15.7. The Balaban J connectivity index is 1.26. The number of aryl methyl sites for hydroxylation is 1. The molecule has 30 heavy (non-hydrogen) atoms. The van der Waals surface area contributed by atoms with Gasteiger partial charge in [-0.15, -0.1) is 0 Å². The topological polar surface area (TPSA) is 45.4 Å². The molecule has 0 atom stereocenters. The van der Waals surface area contributed by atoms with Gasteiger partial charge in [-0.05, 0) is 30.2 Å². The smallest absolute Gasteiger partial charge is 0.288 e. The van der Waals surface area contributed by atoms with Crippen LogP contribution in [0.1, 0.15) is 17.0 Å². The summed E-state index contributed by atoms with van der Waals surface area (Å²) in [5.74, 6) is -1.11. The third kappa shape index (κ3) is 5.44. The van der Waals surface area contributed by atoms with Crippen LogP contribution in [0.3, 0.4) is 0 Å². The van der Waals surface area contributed by atoms with Crippen LogP contribution < -0.4 is 0 Å². The van der Waals surface area contributed by atoms with Crippen LogP contribution in [0.4, 0.5) is 8.78 Å². The molecule has 1 fully saturated rings. The summed E-state index contributed by atoms with van der Waals surface area (Å²) in [4.78, 5) is 9.85. The lowest BCUT2D eigenvalue weighted by Gasteiger charge is -2.33. The minimum Gasteiger partial charge on any atom is -0.338 e. The van der Waals surface area contributed by atoms with Crippen LogP contribution in [0.25, 0.3) is 11.4 Å². The molecule has 0 bridgehead atoms. The summed E-state index contributed by atoms with van der Waals surface area (Å²) in [7, 11) is 0. The van der Waals surface area contributed by atoms with Gasteiger partial charge in [-0.25, -0.2) is 0 Å². The molecule has 2 aromatic carbocycles. The molecule has 0 saturated carbocycles. The zero-order valence-electron chi connectivity index (χ0n) is 16.8. The Labute approximate surface area is 179 Å². The number of piperazine rings is 1. The van der Waals surface area contributed by atoms with Crippen molar-refractivity contribution >= 4 is 11.8 Å². The number of rotatable bonds is 7. The highest BCUT2D eigenvalue weighted by Gasteiger charge is 2.20. The summed E-state index contributed by atoms with van der Waals surface area (Å²) in [5, 5.41) is 4.14. The van der Waals surface area contributed by atoms with Crippen molar-refractivity contribution in [3.63, 3.8) is 0 Å². The quantitative estimate of drug-likeness (QED) is 0.508. The van der Waals surface area contributed by atoms with Crippen molar-refractivity contribution in [3.8, 4) is 11.4 Å². The average molecular weight is 431 g/mol. The fraction of sp³-hybridized carbons (Fsp3) is 0.364. The predicted molar refractivity (Wildman–Crippen MR) is 113 cm³/mol. The molecule has 0 unspecified atom stereocenters. The standard InChI is InChI=1S/C22H24F2N4OS/c1-16-4-2-3-5-19(16)21-25-20(29-26-21)15-28-12-10-27(11-13-28)14-17-6-8-18(9-7-17)30-22(23)24/h2-9,22H,10-15H2,1H3. The number of nitrogens with zero attached hydrogens (tertiary/aromatic N) is 4. The molecular weight excluding hydrogens is 406 g/mol. The molecule has 1 aliphatic heterocycles. The van der Waals surface area contributed by atoms with Crippen molar-refractivity contribution in [2.45, 2.75) is 30.7 Å². The average Bonchev–Trinajstić information content (AvgIpc) is 3.19. The molecule has 0 radical (unpaired) electrons. The second kappa shape index (κ2) is 9.68. The Morgan fingerprint density at radius 2 is 1.63 bits per heavy atom. The molecule has 0 N–H and O–H groups in total. The highest BCUT2D eigenvalue weighted by molar-refractivity contribution is 7.99. The Kier molecular flexibility index (Phi) is 6.76. The first kappa shape index (κ1) is 21.0. The van der Waals surface area contributed by atoms with E-state index in [0.717, 1.165) is 49.4 Å². The summed E-state index contributed by atoms with van der Waals surface area (Å²) < 4.78 is 30.3. The van der Waals surface area contributed by atoms with Gasteiger partial charge in [0.15, 0.2) is 0 Å². The number of hydrogen-bond donors (Lipinski definition) is 0. The maximum atomic E-state index is 12.4. The summed E-state index contributed by atoms with van der Waals surface area (Å²) in [6.07, 6.45) is 0. The number of benzene rings is 2. The van der Waals surface area contributed by atoms with Crippen LogP contribution in [-0.2, 0) is 13.1 Å². The highest BCUT2D eigenvalue weighted by atomic mass is 32.2. The van der Waals surface area contributed by atoms with Gasteiger partial charge in [0.05, 0.1) is 6.54 Å². The molecule has 0 aliphatic carbocycles. The van der Waals surface area contributed by atoms with Gasteiger partial charge < -0.3 is 4.52 Å². The van der Waals surface area contributed by atoms with Crippen molar-refractivity contribution in [1.82, 2.24) is 19.9 Å². The highest BCUT2D eigenvalue weighted by Crippen LogP contribution is 2.25. The van der Waals surface area contributed by atoms with E-state index in [0.29, 0.717) is 34.9 Å². The fourth-order valence-electron chi connectivity index (χ4n) is 3.58. The van der Waals surface area contributed by atoms with Crippen LogP contribution in [-0.4, -0.2) is 51.9 Å². The molecule has 0 spiro atoms. The van der Waals surface area contributed by atoms with Crippen LogP contribution in [0.15, 0.2) is 57.9 Å². The lowest BCUT2D eigenvalue weighted by atomic mass is 10.1. The molecule has 2 heterocycles.